The molecule has 0 bridgehead atoms. The van der Waals surface area contributed by atoms with Gasteiger partial charge in [-0.15, -0.1) is 0 Å². The first-order valence-corrected chi connectivity index (χ1v) is 7.61. The first-order chi connectivity index (χ1) is 11.0. The van der Waals surface area contributed by atoms with Crippen LogP contribution in [0.2, 0.25) is 0 Å². The highest BCUT2D eigenvalue weighted by molar-refractivity contribution is 6.03. The molecule has 2 aromatic carbocycles. The van der Waals surface area contributed by atoms with Crippen LogP contribution < -0.4 is 0 Å². The van der Waals surface area contributed by atoms with Gasteiger partial charge in [-0.1, -0.05) is 56.3 Å². The van der Waals surface area contributed by atoms with Gasteiger partial charge in [0.1, 0.15) is 6.61 Å². The third-order valence-electron chi connectivity index (χ3n) is 3.89. The molecule has 0 fully saturated rings. The lowest BCUT2D eigenvalue weighted by molar-refractivity contribution is 0.0461. The van der Waals surface area contributed by atoms with Gasteiger partial charge in [-0.2, -0.15) is 0 Å². The Kier molecular flexibility index (Phi) is 5.52. The number of hydrogen-bond donors (Lipinski definition) is 1. The summed E-state index contributed by atoms with van der Waals surface area (Å²) in [7, 11) is 0. The Labute approximate surface area is 135 Å². The van der Waals surface area contributed by atoms with E-state index in [0.29, 0.717) is 5.56 Å². The fourth-order valence-corrected chi connectivity index (χ4v) is 2.40. The summed E-state index contributed by atoms with van der Waals surface area (Å²) in [4.78, 5) is 24.0. The van der Waals surface area contributed by atoms with Crippen molar-refractivity contribution in [2.45, 2.75) is 32.8 Å². The van der Waals surface area contributed by atoms with Crippen LogP contribution in [-0.2, 0) is 11.3 Å². The molecule has 0 radical (unpaired) electrons. The first kappa shape index (κ1) is 16.7. The maximum absolute atomic E-state index is 12.5. The summed E-state index contributed by atoms with van der Waals surface area (Å²) in [5, 5.41) is 9.37. The first-order valence-electron chi connectivity index (χ1n) is 7.61. The lowest BCUT2D eigenvalue weighted by atomic mass is 9.90. The third kappa shape index (κ3) is 3.97. The van der Waals surface area contributed by atoms with Crippen LogP contribution in [0.25, 0.3) is 0 Å². The molecule has 0 saturated heterocycles. The van der Waals surface area contributed by atoms with Gasteiger partial charge in [-0.05, 0) is 29.5 Å². The standard InChI is InChI=1S/C19H20O4/c1-3-13(2)15-10-7-11-16(18(20)21)17(15)19(22)23-12-14-8-5-4-6-9-14/h4-11,13H,3,12H2,1-2H3,(H,20,21). The summed E-state index contributed by atoms with van der Waals surface area (Å²) in [6.07, 6.45) is 0.808. The molecule has 0 aromatic heterocycles. The van der Waals surface area contributed by atoms with Crippen LogP contribution in [0.15, 0.2) is 48.5 Å². The number of benzene rings is 2. The zero-order valence-electron chi connectivity index (χ0n) is 13.3. The number of rotatable bonds is 6. The van der Waals surface area contributed by atoms with E-state index in [1.54, 1.807) is 12.1 Å². The molecule has 23 heavy (non-hydrogen) atoms. The second-order valence-corrected chi connectivity index (χ2v) is 5.45. The predicted molar refractivity (Wildman–Crippen MR) is 87.7 cm³/mol. The Hall–Kier alpha value is -2.62. The highest BCUT2D eigenvalue weighted by Gasteiger charge is 2.23. The number of carboxylic acids is 1. The molecule has 4 heteroatoms. The van der Waals surface area contributed by atoms with Crippen LogP contribution >= 0.6 is 0 Å². The van der Waals surface area contributed by atoms with Gasteiger partial charge in [0.25, 0.3) is 0 Å². The number of hydrogen-bond acceptors (Lipinski definition) is 3. The smallest absolute Gasteiger partial charge is 0.339 e. The van der Waals surface area contributed by atoms with E-state index in [2.05, 4.69) is 0 Å². The van der Waals surface area contributed by atoms with Gasteiger partial charge in [0, 0.05) is 0 Å². The van der Waals surface area contributed by atoms with E-state index in [4.69, 9.17) is 4.74 Å². The van der Waals surface area contributed by atoms with Crippen molar-refractivity contribution in [1.82, 2.24) is 0 Å². The molecule has 0 amide bonds. The molecule has 4 nitrogen and oxygen atoms in total. The van der Waals surface area contributed by atoms with Crippen molar-refractivity contribution in [3.8, 4) is 0 Å². The van der Waals surface area contributed by atoms with Gasteiger partial charge in [0.15, 0.2) is 0 Å². The van der Waals surface area contributed by atoms with Crippen LogP contribution in [0, 0.1) is 0 Å². The average Bonchev–Trinajstić information content (AvgIpc) is 2.59. The van der Waals surface area contributed by atoms with E-state index < -0.39 is 11.9 Å². The molecule has 2 aromatic rings. The molecular formula is C19H20O4. The quantitative estimate of drug-likeness (QED) is 0.810. The lowest BCUT2D eigenvalue weighted by Gasteiger charge is -2.16. The number of carbonyl (C=O) groups excluding carboxylic acids is 1. The molecule has 0 aliphatic heterocycles. The van der Waals surface area contributed by atoms with Gasteiger partial charge in [0.2, 0.25) is 0 Å². The van der Waals surface area contributed by atoms with Gasteiger partial charge >= 0.3 is 11.9 Å². The average molecular weight is 312 g/mol. The van der Waals surface area contributed by atoms with Gasteiger partial charge in [-0.3, -0.25) is 0 Å². The Bertz CT molecular complexity index is 692. The minimum atomic E-state index is -1.12. The predicted octanol–water partition coefficient (Wildman–Crippen LogP) is 4.26. The molecule has 0 spiro atoms. The highest BCUT2D eigenvalue weighted by atomic mass is 16.5. The SMILES string of the molecule is CCC(C)c1cccc(C(=O)O)c1C(=O)OCc1ccccc1. The minimum Gasteiger partial charge on any atom is -0.478 e. The van der Waals surface area contributed by atoms with Crippen molar-refractivity contribution in [1.29, 1.82) is 0 Å². The van der Waals surface area contributed by atoms with Crippen LogP contribution in [0.4, 0.5) is 0 Å². The maximum Gasteiger partial charge on any atom is 0.339 e. The van der Waals surface area contributed by atoms with Crippen molar-refractivity contribution in [2.24, 2.45) is 0 Å². The topological polar surface area (TPSA) is 63.6 Å². The van der Waals surface area contributed by atoms with Crippen molar-refractivity contribution in [3.63, 3.8) is 0 Å². The van der Waals surface area contributed by atoms with Crippen LogP contribution in [-0.4, -0.2) is 17.0 Å². The molecule has 0 aliphatic rings. The summed E-state index contributed by atoms with van der Waals surface area (Å²) >= 11 is 0. The van der Waals surface area contributed by atoms with Crippen molar-refractivity contribution in [2.75, 3.05) is 0 Å². The monoisotopic (exact) mass is 312 g/mol. The Balaban J connectivity index is 2.32. The highest BCUT2D eigenvalue weighted by Crippen LogP contribution is 2.26. The maximum atomic E-state index is 12.5. The van der Waals surface area contributed by atoms with E-state index in [-0.39, 0.29) is 23.7 Å². The number of carbonyl (C=O) groups is 2. The summed E-state index contributed by atoms with van der Waals surface area (Å²) in [5.74, 6) is -1.64. The van der Waals surface area contributed by atoms with E-state index in [1.165, 1.54) is 6.07 Å². The largest absolute Gasteiger partial charge is 0.478 e. The molecule has 1 unspecified atom stereocenters. The number of aromatic carboxylic acids is 1. The van der Waals surface area contributed by atoms with Crippen LogP contribution in [0.3, 0.4) is 0 Å². The van der Waals surface area contributed by atoms with Crippen molar-refractivity contribution in [3.05, 3.63) is 70.8 Å². The lowest BCUT2D eigenvalue weighted by Crippen LogP contribution is -2.15. The Morgan fingerprint density at radius 1 is 1.09 bits per heavy atom. The molecule has 1 atom stereocenters. The number of esters is 1. The van der Waals surface area contributed by atoms with Crippen LogP contribution in [0.5, 0.6) is 0 Å². The fourth-order valence-electron chi connectivity index (χ4n) is 2.40. The molecule has 0 heterocycles. The third-order valence-corrected chi connectivity index (χ3v) is 3.89. The second kappa shape index (κ2) is 7.58. The number of ether oxygens (including phenoxy) is 1. The van der Waals surface area contributed by atoms with Gasteiger partial charge in [0.05, 0.1) is 11.1 Å². The fraction of sp³-hybridized carbons (Fsp3) is 0.263. The zero-order chi connectivity index (χ0) is 16.8. The molecule has 120 valence electrons. The zero-order valence-corrected chi connectivity index (χ0v) is 13.3. The van der Waals surface area contributed by atoms with E-state index in [1.807, 2.05) is 44.2 Å². The molecule has 2 rings (SSSR count). The van der Waals surface area contributed by atoms with Crippen LogP contribution in [0.1, 0.15) is 58.0 Å². The van der Waals surface area contributed by atoms with E-state index >= 15 is 0 Å². The van der Waals surface area contributed by atoms with Crippen molar-refractivity contribution >= 4 is 11.9 Å². The molecular weight excluding hydrogens is 292 g/mol. The second-order valence-electron chi connectivity index (χ2n) is 5.45. The van der Waals surface area contributed by atoms with Gasteiger partial charge < -0.3 is 9.84 Å². The normalized spacial score (nSPS) is 11.7. The number of carboxylic acid groups (broad SMARTS) is 1. The van der Waals surface area contributed by atoms with E-state index in [0.717, 1.165) is 12.0 Å². The molecule has 0 aliphatic carbocycles. The summed E-state index contributed by atoms with van der Waals surface area (Å²) < 4.78 is 5.34. The van der Waals surface area contributed by atoms with E-state index in [9.17, 15) is 14.7 Å². The Morgan fingerprint density at radius 2 is 1.78 bits per heavy atom. The minimum absolute atomic E-state index is 0.0131. The Morgan fingerprint density at radius 3 is 2.39 bits per heavy atom. The van der Waals surface area contributed by atoms with Gasteiger partial charge in [-0.25, -0.2) is 9.59 Å². The summed E-state index contributed by atoms with van der Waals surface area (Å²) in [6.45, 7) is 4.08. The summed E-state index contributed by atoms with van der Waals surface area (Å²) in [5.41, 5.74) is 1.72. The summed E-state index contributed by atoms with van der Waals surface area (Å²) in [6, 6.07) is 14.2. The van der Waals surface area contributed by atoms with Crippen molar-refractivity contribution < 1.29 is 19.4 Å². The molecule has 1 N–H and O–H groups in total. The molecule has 0 saturated carbocycles.